The normalized spacial score (nSPS) is 10.7. The van der Waals surface area contributed by atoms with E-state index in [-0.39, 0.29) is 23.7 Å². The Balaban J connectivity index is 2.12. The van der Waals surface area contributed by atoms with E-state index in [2.05, 4.69) is 0 Å². The maximum absolute atomic E-state index is 12.2. The first-order valence-corrected chi connectivity index (χ1v) is 8.35. The maximum Gasteiger partial charge on any atom is 0.349 e. The Morgan fingerprint density at radius 2 is 1.82 bits per heavy atom. The van der Waals surface area contributed by atoms with E-state index in [0.29, 0.717) is 11.3 Å². The zero-order chi connectivity index (χ0) is 20.7. The largest absolute Gasteiger partial charge is 0.493 e. The molecule has 7 heteroatoms. The van der Waals surface area contributed by atoms with Crippen molar-refractivity contribution in [2.45, 2.75) is 13.8 Å². The van der Waals surface area contributed by atoms with Crippen molar-refractivity contribution in [2.75, 3.05) is 13.7 Å². The van der Waals surface area contributed by atoms with Crippen molar-refractivity contribution in [2.24, 2.45) is 5.73 Å². The second-order valence-electron chi connectivity index (χ2n) is 5.93. The lowest BCUT2D eigenvalue weighted by molar-refractivity contribution is -0.136. The molecule has 0 bridgehead atoms. The van der Waals surface area contributed by atoms with Crippen LogP contribution in [0.5, 0.6) is 17.2 Å². The van der Waals surface area contributed by atoms with Gasteiger partial charge in [-0.25, -0.2) is 4.79 Å². The number of hydrogen-bond donors (Lipinski definition) is 1. The van der Waals surface area contributed by atoms with Gasteiger partial charge in [-0.15, -0.1) is 0 Å². The van der Waals surface area contributed by atoms with Gasteiger partial charge in [0.25, 0.3) is 5.91 Å². The first-order chi connectivity index (χ1) is 13.3. The third-order valence-corrected chi connectivity index (χ3v) is 3.85. The molecule has 0 aliphatic rings. The van der Waals surface area contributed by atoms with E-state index in [9.17, 15) is 9.59 Å². The van der Waals surface area contributed by atoms with E-state index in [0.717, 1.165) is 11.1 Å². The molecule has 2 aromatic carbocycles. The molecule has 0 atom stereocenters. The summed E-state index contributed by atoms with van der Waals surface area (Å²) in [5.74, 6) is -0.342. The minimum Gasteiger partial charge on any atom is -0.493 e. The molecule has 0 saturated carbocycles. The molecule has 0 radical (unpaired) electrons. The lowest BCUT2D eigenvalue weighted by Crippen LogP contribution is -2.18. The molecule has 7 nitrogen and oxygen atoms in total. The van der Waals surface area contributed by atoms with Crippen molar-refractivity contribution in [1.82, 2.24) is 0 Å². The highest BCUT2D eigenvalue weighted by atomic mass is 16.6. The third kappa shape index (κ3) is 5.11. The summed E-state index contributed by atoms with van der Waals surface area (Å²) in [7, 11) is 1.41. The Morgan fingerprint density at radius 3 is 2.39 bits per heavy atom. The molecule has 1 amide bonds. The summed E-state index contributed by atoms with van der Waals surface area (Å²) >= 11 is 0. The average Bonchev–Trinajstić information content (AvgIpc) is 2.66. The molecule has 2 N–H and O–H groups in total. The first-order valence-electron chi connectivity index (χ1n) is 8.35. The van der Waals surface area contributed by atoms with Gasteiger partial charge in [-0.3, -0.25) is 4.79 Å². The van der Waals surface area contributed by atoms with E-state index in [4.69, 9.17) is 25.2 Å². The molecular formula is C21H20N2O5. The lowest BCUT2D eigenvalue weighted by atomic mass is 10.1. The molecule has 0 saturated heterocycles. The highest BCUT2D eigenvalue weighted by molar-refractivity contribution is 6.00. The number of rotatable bonds is 7. The number of carbonyl (C=O) groups is 2. The monoisotopic (exact) mass is 380 g/mol. The predicted octanol–water partition coefficient (Wildman–Crippen LogP) is 2.69. The number of nitriles is 1. The topological polar surface area (TPSA) is 112 Å². The lowest BCUT2D eigenvalue weighted by Gasteiger charge is -2.13. The Morgan fingerprint density at radius 1 is 1.14 bits per heavy atom. The molecule has 2 aromatic rings. The molecule has 144 valence electrons. The van der Waals surface area contributed by atoms with E-state index < -0.39 is 11.9 Å². The molecule has 0 heterocycles. The molecule has 2 rings (SSSR count). The van der Waals surface area contributed by atoms with Gasteiger partial charge < -0.3 is 19.9 Å². The third-order valence-electron chi connectivity index (χ3n) is 3.85. The van der Waals surface area contributed by atoms with E-state index in [1.807, 2.05) is 32.0 Å². The van der Waals surface area contributed by atoms with Crippen LogP contribution in [0.3, 0.4) is 0 Å². The fraction of sp³-hybridized carbons (Fsp3) is 0.190. The Hall–Kier alpha value is -3.79. The fourth-order valence-corrected chi connectivity index (χ4v) is 2.49. The summed E-state index contributed by atoms with van der Waals surface area (Å²) < 4.78 is 16.1. The number of aryl methyl sites for hydroxylation is 2. The van der Waals surface area contributed by atoms with Crippen LogP contribution in [0.25, 0.3) is 6.08 Å². The fourth-order valence-electron chi connectivity index (χ4n) is 2.49. The standard InChI is InChI=1S/C21H20N2O5/c1-13-5-4-6-14(2)20(13)27-12-19(24)28-17-8-7-15(10-18(17)26-3)9-16(11-22)21(23)25/h4-10H,12H2,1-3H3,(H2,23,25)/b16-9+. The summed E-state index contributed by atoms with van der Waals surface area (Å²) in [6, 6.07) is 12.0. The van der Waals surface area contributed by atoms with Gasteiger partial charge in [0.15, 0.2) is 18.1 Å². The van der Waals surface area contributed by atoms with Crippen molar-refractivity contribution in [1.29, 1.82) is 5.26 Å². The highest BCUT2D eigenvalue weighted by Crippen LogP contribution is 2.29. The maximum atomic E-state index is 12.2. The zero-order valence-electron chi connectivity index (χ0n) is 15.8. The number of methoxy groups -OCH3 is 1. The zero-order valence-corrected chi connectivity index (χ0v) is 15.8. The van der Waals surface area contributed by atoms with Crippen LogP contribution in [0, 0.1) is 25.2 Å². The van der Waals surface area contributed by atoms with Crippen LogP contribution >= 0.6 is 0 Å². The predicted molar refractivity (Wildman–Crippen MR) is 103 cm³/mol. The van der Waals surface area contributed by atoms with Gasteiger partial charge in [-0.1, -0.05) is 24.3 Å². The molecule has 0 fully saturated rings. The summed E-state index contributed by atoms with van der Waals surface area (Å²) in [6.45, 7) is 3.52. The number of hydrogen-bond acceptors (Lipinski definition) is 6. The van der Waals surface area contributed by atoms with Crippen LogP contribution in [0.2, 0.25) is 0 Å². The number of carbonyl (C=O) groups excluding carboxylic acids is 2. The minimum atomic E-state index is -0.833. The Labute approximate surface area is 162 Å². The second kappa shape index (κ2) is 9.24. The van der Waals surface area contributed by atoms with Crippen LogP contribution < -0.4 is 19.9 Å². The first kappa shape index (κ1) is 20.5. The average molecular weight is 380 g/mol. The quantitative estimate of drug-likeness (QED) is 0.342. The Kier molecular flexibility index (Phi) is 6.77. The highest BCUT2D eigenvalue weighted by Gasteiger charge is 2.13. The van der Waals surface area contributed by atoms with Gasteiger partial charge in [-0.2, -0.15) is 5.26 Å². The number of ether oxygens (including phenoxy) is 3. The summed E-state index contributed by atoms with van der Waals surface area (Å²) in [5, 5.41) is 8.92. The minimum absolute atomic E-state index is 0.187. The molecule has 0 spiro atoms. The number of amides is 1. The SMILES string of the molecule is COc1cc(/C=C(\C#N)C(N)=O)ccc1OC(=O)COc1c(C)cccc1C. The van der Waals surface area contributed by atoms with Crippen LogP contribution in [0.4, 0.5) is 0 Å². The van der Waals surface area contributed by atoms with Gasteiger partial charge in [0.05, 0.1) is 7.11 Å². The van der Waals surface area contributed by atoms with Crippen molar-refractivity contribution < 1.29 is 23.8 Å². The van der Waals surface area contributed by atoms with Crippen LogP contribution in [-0.2, 0) is 9.59 Å². The van der Waals surface area contributed by atoms with Gasteiger partial charge in [-0.05, 0) is 48.7 Å². The molecule has 0 aliphatic heterocycles. The second-order valence-corrected chi connectivity index (χ2v) is 5.93. The number of para-hydroxylation sites is 1. The van der Waals surface area contributed by atoms with Crippen LogP contribution in [0.1, 0.15) is 16.7 Å². The number of benzene rings is 2. The van der Waals surface area contributed by atoms with Crippen LogP contribution in [0.15, 0.2) is 42.0 Å². The van der Waals surface area contributed by atoms with Crippen molar-refractivity contribution in [3.05, 3.63) is 58.7 Å². The summed E-state index contributed by atoms with van der Waals surface area (Å²) in [5.41, 5.74) is 7.26. The van der Waals surface area contributed by atoms with Crippen molar-refractivity contribution in [3.63, 3.8) is 0 Å². The van der Waals surface area contributed by atoms with Crippen LogP contribution in [-0.4, -0.2) is 25.6 Å². The number of esters is 1. The number of nitrogens with zero attached hydrogens (tertiary/aromatic N) is 1. The summed E-state index contributed by atoms with van der Waals surface area (Å²) in [6.07, 6.45) is 1.32. The van der Waals surface area contributed by atoms with Gasteiger partial charge in [0.2, 0.25) is 0 Å². The van der Waals surface area contributed by atoms with Gasteiger partial charge >= 0.3 is 5.97 Å². The molecule has 0 unspecified atom stereocenters. The van der Waals surface area contributed by atoms with Gasteiger partial charge in [0.1, 0.15) is 17.4 Å². The molecule has 0 aliphatic carbocycles. The van der Waals surface area contributed by atoms with Gasteiger partial charge in [0, 0.05) is 0 Å². The van der Waals surface area contributed by atoms with E-state index in [1.54, 1.807) is 12.1 Å². The van der Waals surface area contributed by atoms with Crippen molar-refractivity contribution >= 4 is 18.0 Å². The van der Waals surface area contributed by atoms with Crippen molar-refractivity contribution in [3.8, 4) is 23.3 Å². The van der Waals surface area contributed by atoms with E-state index >= 15 is 0 Å². The van der Waals surface area contributed by atoms with E-state index in [1.165, 1.54) is 25.3 Å². The number of primary amides is 1. The molecule has 0 aromatic heterocycles. The molecule has 28 heavy (non-hydrogen) atoms. The Bertz CT molecular complexity index is 953. The molecular weight excluding hydrogens is 360 g/mol. The number of nitrogens with two attached hydrogens (primary N) is 1. The smallest absolute Gasteiger partial charge is 0.349 e. The summed E-state index contributed by atoms with van der Waals surface area (Å²) in [4.78, 5) is 23.3.